The molecule has 23 heavy (non-hydrogen) atoms. The fraction of sp³-hybridized carbons (Fsp3) is 0.278. The number of carbonyl (C=O) groups excluding carboxylic acids is 1. The van der Waals surface area contributed by atoms with Gasteiger partial charge in [-0.05, 0) is 42.2 Å². The van der Waals surface area contributed by atoms with Crippen LogP contribution < -0.4 is 10.2 Å². The van der Waals surface area contributed by atoms with Crippen molar-refractivity contribution in [2.75, 3.05) is 6.61 Å². The van der Waals surface area contributed by atoms with Gasteiger partial charge >= 0.3 is 0 Å². The second kappa shape index (κ2) is 8.68. The van der Waals surface area contributed by atoms with Crippen molar-refractivity contribution in [3.63, 3.8) is 0 Å². The number of nitrogens with one attached hydrogen (secondary N) is 1. The molecule has 0 radical (unpaired) electrons. The van der Waals surface area contributed by atoms with E-state index in [2.05, 4.69) is 29.4 Å². The standard InChI is InChI=1S/C18H21N3O2/c1-3-14(2)15-7-9-17(10-8-15)23-13-18(22)21-20-12-16-6-4-5-11-19-16/h4-12,14H,3,13H2,1-2H3,(H,21,22). The summed E-state index contributed by atoms with van der Waals surface area (Å²) in [4.78, 5) is 15.7. The summed E-state index contributed by atoms with van der Waals surface area (Å²) in [5.74, 6) is 0.873. The van der Waals surface area contributed by atoms with Gasteiger partial charge in [-0.25, -0.2) is 5.43 Å². The third kappa shape index (κ3) is 5.54. The Bertz CT molecular complexity index is 639. The van der Waals surface area contributed by atoms with E-state index in [0.29, 0.717) is 17.4 Å². The minimum Gasteiger partial charge on any atom is -0.484 e. The van der Waals surface area contributed by atoms with Gasteiger partial charge in [0.15, 0.2) is 6.61 Å². The van der Waals surface area contributed by atoms with E-state index in [-0.39, 0.29) is 12.5 Å². The van der Waals surface area contributed by atoms with E-state index in [1.165, 1.54) is 11.8 Å². The number of amides is 1. The number of pyridine rings is 1. The summed E-state index contributed by atoms with van der Waals surface area (Å²) >= 11 is 0. The summed E-state index contributed by atoms with van der Waals surface area (Å²) in [7, 11) is 0. The molecular formula is C18H21N3O2. The van der Waals surface area contributed by atoms with Crippen LogP contribution in [0.3, 0.4) is 0 Å². The first-order valence-electron chi connectivity index (χ1n) is 7.64. The summed E-state index contributed by atoms with van der Waals surface area (Å²) in [5, 5.41) is 3.84. The van der Waals surface area contributed by atoms with Gasteiger partial charge in [0.1, 0.15) is 5.75 Å². The number of rotatable bonds is 7. The predicted octanol–water partition coefficient (Wildman–Crippen LogP) is 3.12. The number of hydrogen-bond acceptors (Lipinski definition) is 4. The van der Waals surface area contributed by atoms with Gasteiger partial charge in [-0.3, -0.25) is 9.78 Å². The number of nitrogens with zero attached hydrogens (tertiary/aromatic N) is 2. The molecule has 1 unspecified atom stereocenters. The van der Waals surface area contributed by atoms with Crippen molar-refractivity contribution in [3.8, 4) is 5.75 Å². The zero-order chi connectivity index (χ0) is 16.5. The third-order valence-corrected chi connectivity index (χ3v) is 3.51. The SMILES string of the molecule is CCC(C)c1ccc(OCC(=O)NN=Cc2ccccn2)cc1. The second-order valence-corrected chi connectivity index (χ2v) is 5.21. The average molecular weight is 311 g/mol. The van der Waals surface area contributed by atoms with E-state index in [1.807, 2.05) is 36.4 Å². The molecule has 0 aliphatic rings. The molecular weight excluding hydrogens is 290 g/mol. The van der Waals surface area contributed by atoms with Crippen LogP contribution in [0.1, 0.15) is 37.4 Å². The van der Waals surface area contributed by atoms with Crippen LogP contribution in [-0.2, 0) is 4.79 Å². The molecule has 1 N–H and O–H groups in total. The zero-order valence-electron chi connectivity index (χ0n) is 13.4. The second-order valence-electron chi connectivity index (χ2n) is 5.21. The monoisotopic (exact) mass is 311 g/mol. The van der Waals surface area contributed by atoms with Crippen molar-refractivity contribution in [2.24, 2.45) is 5.10 Å². The van der Waals surface area contributed by atoms with Gasteiger partial charge in [-0.2, -0.15) is 5.10 Å². The minimum absolute atomic E-state index is 0.0811. The number of hydrogen-bond donors (Lipinski definition) is 1. The highest BCUT2D eigenvalue weighted by atomic mass is 16.5. The maximum Gasteiger partial charge on any atom is 0.277 e. The van der Waals surface area contributed by atoms with Crippen LogP contribution in [0, 0.1) is 0 Å². The van der Waals surface area contributed by atoms with Gasteiger partial charge in [-0.15, -0.1) is 0 Å². The van der Waals surface area contributed by atoms with Crippen LogP contribution in [0.5, 0.6) is 5.75 Å². The molecule has 1 atom stereocenters. The molecule has 1 aromatic heterocycles. The maximum atomic E-state index is 11.7. The highest BCUT2D eigenvalue weighted by molar-refractivity contribution is 5.81. The van der Waals surface area contributed by atoms with Crippen LogP contribution in [0.15, 0.2) is 53.8 Å². The van der Waals surface area contributed by atoms with Gasteiger partial charge in [0.05, 0.1) is 11.9 Å². The largest absolute Gasteiger partial charge is 0.484 e. The number of aromatic nitrogens is 1. The van der Waals surface area contributed by atoms with Crippen LogP contribution in [0.2, 0.25) is 0 Å². The Balaban J connectivity index is 1.77. The number of carbonyl (C=O) groups is 1. The Hall–Kier alpha value is -2.69. The summed E-state index contributed by atoms with van der Waals surface area (Å²) in [6.07, 6.45) is 4.24. The molecule has 0 spiro atoms. The Kier molecular flexibility index (Phi) is 6.29. The fourth-order valence-electron chi connectivity index (χ4n) is 1.93. The van der Waals surface area contributed by atoms with Crippen LogP contribution in [0.4, 0.5) is 0 Å². The first kappa shape index (κ1) is 16.7. The van der Waals surface area contributed by atoms with Gasteiger partial charge in [0, 0.05) is 6.20 Å². The summed E-state index contributed by atoms with van der Waals surface area (Å²) in [6, 6.07) is 13.3. The van der Waals surface area contributed by atoms with Crippen molar-refractivity contribution in [2.45, 2.75) is 26.2 Å². The maximum absolute atomic E-state index is 11.7. The van der Waals surface area contributed by atoms with Gasteiger partial charge in [-0.1, -0.05) is 32.0 Å². The first-order valence-corrected chi connectivity index (χ1v) is 7.64. The lowest BCUT2D eigenvalue weighted by atomic mass is 9.99. The minimum atomic E-state index is -0.316. The van der Waals surface area contributed by atoms with Crippen LogP contribution >= 0.6 is 0 Å². The molecule has 2 rings (SSSR count). The van der Waals surface area contributed by atoms with E-state index >= 15 is 0 Å². The van der Waals surface area contributed by atoms with E-state index in [0.717, 1.165) is 6.42 Å². The highest BCUT2D eigenvalue weighted by Gasteiger charge is 2.04. The molecule has 1 aromatic carbocycles. The van der Waals surface area contributed by atoms with E-state index in [4.69, 9.17) is 4.74 Å². The first-order chi connectivity index (χ1) is 11.2. The molecule has 0 aliphatic heterocycles. The van der Waals surface area contributed by atoms with Crippen molar-refractivity contribution in [1.29, 1.82) is 0 Å². The molecule has 5 heteroatoms. The topological polar surface area (TPSA) is 63.6 Å². The lowest BCUT2D eigenvalue weighted by Crippen LogP contribution is -2.24. The van der Waals surface area contributed by atoms with E-state index < -0.39 is 0 Å². The number of benzene rings is 1. The molecule has 1 heterocycles. The van der Waals surface area contributed by atoms with E-state index in [9.17, 15) is 4.79 Å². The Labute approximate surface area is 136 Å². The quantitative estimate of drug-likeness (QED) is 0.631. The Morgan fingerprint density at radius 1 is 1.30 bits per heavy atom. The van der Waals surface area contributed by atoms with E-state index in [1.54, 1.807) is 12.3 Å². The van der Waals surface area contributed by atoms with Crippen LogP contribution in [-0.4, -0.2) is 23.7 Å². The normalized spacial score (nSPS) is 12.1. The molecule has 0 saturated carbocycles. The van der Waals surface area contributed by atoms with Crippen molar-refractivity contribution >= 4 is 12.1 Å². The zero-order valence-corrected chi connectivity index (χ0v) is 13.4. The lowest BCUT2D eigenvalue weighted by molar-refractivity contribution is -0.123. The Morgan fingerprint density at radius 2 is 2.09 bits per heavy atom. The Morgan fingerprint density at radius 3 is 2.74 bits per heavy atom. The lowest BCUT2D eigenvalue weighted by Gasteiger charge is -2.10. The average Bonchev–Trinajstić information content (AvgIpc) is 2.60. The van der Waals surface area contributed by atoms with Crippen LogP contribution in [0.25, 0.3) is 0 Å². The van der Waals surface area contributed by atoms with Crippen molar-refractivity contribution in [1.82, 2.24) is 10.4 Å². The summed E-state index contributed by atoms with van der Waals surface area (Å²) in [5.41, 5.74) is 4.35. The predicted molar refractivity (Wildman–Crippen MR) is 90.6 cm³/mol. The molecule has 2 aromatic rings. The summed E-state index contributed by atoms with van der Waals surface area (Å²) in [6.45, 7) is 4.26. The highest BCUT2D eigenvalue weighted by Crippen LogP contribution is 2.21. The smallest absolute Gasteiger partial charge is 0.277 e. The van der Waals surface area contributed by atoms with Gasteiger partial charge in [0.2, 0.25) is 0 Å². The van der Waals surface area contributed by atoms with Crippen molar-refractivity contribution in [3.05, 3.63) is 59.9 Å². The summed E-state index contributed by atoms with van der Waals surface area (Å²) < 4.78 is 5.44. The van der Waals surface area contributed by atoms with Crippen molar-refractivity contribution < 1.29 is 9.53 Å². The molecule has 0 bridgehead atoms. The van der Waals surface area contributed by atoms with Gasteiger partial charge < -0.3 is 4.74 Å². The van der Waals surface area contributed by atoms with Gasteiger partial charge in [0.25, 0.3) is 5.91 Å². The number of hydrazone groups is 1. The molecule has 0 aliphatic carbocycles. The number of ether oxygens (including phenoxy) is 1. The molecule has 120 valence electrons. The molecule has 1 amide bonds. The fourth-order valence-corrected chi connectivity index (χ4v) is 1.93. The molecule has 0 fully saturated rings. The molecule has 0 saturated heterocycles. The molecule has 5 nitrogen and oxygen atoms in total. The third-order valence-electron chi connectivity index (χ3n) is 3.51.